The summed E-state index contributed by atoms with van der Waals surface area (Å²) in [6.07, 6.45) is -1.06. The van der Waals surface area contributed by atoms with Gasteiger partial charge in [-0.15, -0.1) is 0 Å². The van der Waals surface area contributed by atoms with Crippen LogP contribution in [0, 0.1) is 18.7 Å². The van der Waals surface area contributed by atoms with Crippen LogP contribution in [0.5, 0.6) is 0 Å². The summed E-state index contributed by atoms with van der Waals surface area (Å²) in [5.41, 5.74) is 12.4. The monoisotopic (exact) mass is 1270 g/mol. The van der Waals surface area contributed by atoms with E-state index >= 15 is 4.39 Å². The highest BCUT2D eigenvalue weighted by Gasteiger charge is 2.46. The highest BCUT2D eigenvalue weighted by Crippen LogP contribution is 2.46. The quantitative estimate of drug-likeness (QED) is 0.0154. The van der Waals surface area contributed by atoms with Crippen LogP contribution in [-0.4, -0.2) is 157 Å². The van der Waals surface area contributed by atoms with Crippen LogP contribution < -0.4 is 59.6 Å². The van der Waals surface area contributed by atoms with Crippen LogP contribution >= 0.6 is 0 Å². The molecule has 0 saturated carbocycles. The van der Waals surface area contributed by atoms with Gasteiger partial charge in [-0.2, -0.15) is 0 Å². The Morgan fingerprint density at radius 3 is 2.26 bits per heavy atom. The minimum Gasteiger partial charge on any atom is -0.481 e. The molecule has 9 amide bonds. The summed E-state index contributed by atoms with van der Waals surface area (Å²) in [7, 11) is 0. The van der Waals surface area contributed by atoms with Crippen molar-refractivity contribution in [1.82, 2.24) is 46.8 Å². The van der Waals surface area contributed by atoms with Crippen LogP contribution in [0.2, 0.25) is 0 Å². The van der Waals surface area contributed by atoms with E-state index in [2.05, 4.69) is 42.5 Å². The van der Waals surface area contributed by atoms with Gasteiger partial charge < -0.3 is 92.5 Å². The highest BCUT2D eigenvalue weighted by molar-refractivity contribution is 5.99. The number of aliphatic carboxylic acids is 1. The van der Waals surface area contributed by atoms with Gasteiger partial charge in [0.2, 0.25) is 35.4 Å². The molecule has 4 aromatic rings. The fraction of sp³-hybridized carbons (Fsp3) is 0.500. The Bertz CT molecular complexity index is 3470. The molecule has 2 aliphatic heterocycles. The van der Waals surface area contributed by atoms with E-state index in [1.807, 2.05) is 0 Å². The molecule has 0 spiro atoms. The molecule has 3 aliphatic rings. The lowest BCUT2D eigenvalue weighted by atomic mass is 9.81. The summed E-state index contributed by atoms with van der Waals surface area (Å²) in [6.45, 7) is 5.64. The fourth-order valence-corrected chi connectivity index (χ4v) is 10.7. The number of hydrogen-bond acceptors (Lipinski definition) is 19. The number of alkyl carbamates (subject to hydrolysis) is 1. The van der Waals surface area contributed by atoms with Crippen molar-refractivity contribution >= 4 is 76.1 Å². The topological polar surface area (TPSA) is 440 Å². The Morgan fingerprint density at radius 1 is 0.846 bits per heavy atom. The number of fused-ring (bicyclic) bond motifs is 5. The summed E-state index contributed by atoms with van der Waals surface area (Å²) < 4.78 is 43.3. The number of nitrogens with two attached hydrogens (primary N) is 2. The molecule has 91 heavy (non-hydrogen) atoms. The van der Waals surface area contributed by atoms with Gasteiger partial charge in [-0.05, 0) is 91.8 Å². The second-order valence-corrected chi connectivity index (χ2v) is 22.2. The summed E-state index contributed by atoms with van der Waals surface area (Å²) in [5.74, 6) is -7.32. The molecule has 31 heteroatoms. The number of primary amides is 1. The molecule has 14 N–H and O–H groups in total. The minimum absolute atomic E-state index is 0.0130. The van der Waals surface area contributed by atoms with Gasteiger partial charge in [0.05, 0.1) is 61.5 Å². The van der Waals surface area contributed by atoms with E-state index in [0.717, 1.165) is 0 Å². The van der Waals surface area contributed by atoms with Crippen molar-refractivity contribution in [1.29, 1.82) is 0 Å². The largest absolute Gasteiger partial charge is 0.481 e. The second-order valence-electron chi connectivity index (χ2n) is 22.2. The van der Waals surface area contributed by atoms with Gasteiger partial charge in [0, 0.05) is 54.2 Å². The molecule has 7 rings (SSSR count). The zero-order chi connectivity index (χ0) is 66.1. The van der Waals surface area contributed by atoms with Crippen molar-refractivity contribution < 1.29 is 86.2 Å². The van der Waals surface area contributed by atoms with Crippen LogP contribution in [0.25, 0.3) is 22.3 Å². The molecular weight excluding hydrogens is 1200 g/mol. The number of aliphatic hydroxyl groups is 1. The first kappa shape index (κ1) is 69.3. The predicted molar refractivity (Wildman–Crippen MR) is 320 cm³/mol. The molecule has 30 nitrogen and oxygen atoms in total. The molecule has 0 saturated heterocycles. The SMILES string of the molecule is CC[C@@]1(O)C(=O)OCc2c1cc1n(c2=O)Cc2c-1nc1cc(F)c(C)c3c1c2[C@@H](NC(=O)COCNC(=O)CNC(=O)OCc1ccc(NC(=O)[C@H](CCCNC(N)=O)NC(=O)[C@@H](NC(=O)[C@H](CCC(=O)O)NC(=O)CCOCCOCCN)C(C)C)cc1)CC3. The van der Waals surface area contributed by atoms with Gasteiger partial charge in [0.25, 0.3) is 5.56 Å². The lowest BCUT2D eigenvalue weighted by molar-refractivity contribution is -0.172. The van der Waals surface area contributed by atoms with Crippen LogP contribution in [0.4, 0.5) is 19.7 Å². The maximum Gasteiger partial charge on any atom is 0.407 e. The number of carbonyl (C=O) groups excluding carboxylic acids is 9. The molecular formula is C60H77FN12O18. The van der Waals surface area contributed by atoms with Crippen LogP contribution in [-0.2, 0) is 93.8 Å². The average molecular weight is 1270 g/mol. The third-order valence-electron chi connectivity index (χ3n) is 15.6. The van der Waals surface area contributed by atoms with Crippen LogP contribution in [0.15, 0.2) is 41.2 Å². The number of amides is 9. The maximum atomic E-state index is 15.4. The van der Waals surface area contributed by atoms with E-state index in [1.165, 1.54) is 34.9 Å². The summed E-state index contributed by atoms with van der Waals surface area (Å²) in [5, 5.41) is 41.9. The van der Waals surface area contributed by atoms with Crippen LogP contribution in [0.1, 0.15) is 111 Å². The fourth-order valence-electron chi connectivity index (χ4n) is 10.7. The number of halogens is 1. The number of carboxylic acid groups (broad SMARTS) is 1. The van der Waals surface area contributed by atoms with E-state index in [4.69, 9.17) is 40.1 Å². The van der Waals surface area contributed by atoms with Crippen molar-refractivity contribution in [2.75, 3.05) is 64.7 Å². The number of nitrogens with zero attached hydrogens (tertiary/aromatic N) is 2. The van der Waals surface area contributed by atoms with Crippen molar-refractivity contribution in [3.05, 3.63) is 91.5 Å². The number of carboxylic acids is 1. The molecule has 2 aromatic heterocycles. The normalized spacial score (nSPS) is 16.2. The number of aromatic nitrogens is 2. The van der Waals surface area contributed by atoms with Gasteiger partial charge in [-0.3, -0.25) is 38.4 Å². The lowest BCUT2D eigenvalue weighted by Gasteiger charge is -2.31. The molecule has 0 radical (unpaired) electrons. The van der Waals surface area contributed by atoms with Crippen molar-refractivity contribution in [2.45, 2.75) is 129 Å². The smallest absolute Gasteiger partial charge is 0.407 e. The summed E-state index contributed by atoms with van der Waals surface area (Å²) >= 11 is 0. The minimum atomic E-state index is -2.06. The summed E-state index contributed by atoms with van der Waals surface area (Å²) in [6, 6.07) is 3.61. The van der Waals surface area contributed by atoms with Gasteiger partial charge >= 0.3 is 24.1 Å². The number of esters is 1. The predicted octanol–water partition coefficient (Wildman–Crippen LogP) is 0.392. The number of carbonyl (C=O) groups is 10. The molecule has 0 unspecified atom stereocenters. The number of anilines is 1. The lowest BCUT2D eigenvalue weighted by Crippen LogP contribution is -2.58. The summed E-state index contributed by atoms with van der Waals surface area (Å²) in [4.78, 5) is 147. The molecule has 492 valence electrons. The number of hydrogen-bond donors (Lipinski definition) is 12. The van der Waals surface area contributed by atoms with E-state index in [9.17, 15) is 63.0 Å². The number of ether oxygens (including phenoxy) is 5. The third kappa shape index (κ3) is 17.8. The number of pyridine rings is 2. The number of cyclic esters (lactones) is 1. The van der Waals surface area contributed by atoms with Crippen molar-refractivity contribution in [3.8, 4) is 11.4 Å². The Labute approximate surface area is 521 Å². The van der Waals surface area contributed by atoms with E-state index in [-0.39, 0.29) is 95.0 Å². The molecule has 1 aliphatic carbocycles. The molecule has 0 fully saturated rings. The van der Waals surface area contributed by atoms with Crippen molar-refractivity contribution in [3.63, 3.8) is 0 Å². The third-order valence-corrected chi connectivity index (χ3v) is 15.6. The number of rotatable bonds is 33. The molecule has 4 heterocycles. The number of nitrogens with one attached hydrogen (secondary N) is 8. The van der Waals surface area contributed by atoms with E-state index in [0.29, 0.717) is 76.1 Å². The Balaban J connectivity index is 0.867. The Kier molecular flexibility index (Phi) is 24.4. The first-order valence-corrected chi connectivity index (χ1v) is 29.7. The highest BCUT2D eigenvalue weighted by atomic mass is 19.1. The van der Waals surface area contributed by atoms with E-state index in [1.54, 1.807) is 33.8 Å². The average Bonchev–Trinajstić information content (AvgIpc) is 1.64. The Hall–Kier alpha value is -9.17. The van der Waals surface area contributed by atoms with Crippen LogP contribution in [0.3, 0.4) is 0 Å². The van der Waals surface area contributed by atoms with Gasteiger partial charge in [-0.1, -0.05) is 32.9 Å². The van der Waals surface area contributed by atoms with Gasteiger partial charge in [-0.25, -0.2) is 23.8 Å². The zero-order valence-electron chi connectivity index (χ0n) is 50.8. The second kappa shape index (κ2) is 32.0. The van der Waals surface area contributed by atoms with Gasteiger partial charge in [0.15, 0.2) is 5.60 Å². The number of benzene rings is 2. The number of aryl methyl sites for hydroxylation is 1. The molecule has 0 bridgehead atoms. The van der Waals surface area contributed by atoms with E-state index < -0.39 is 133 Å². The first-order chi connectivity index (χ1) is 43.4. The molecule has 2 aromatic carbocycles. The Morgan fingerprint density at radius 2 is 1.57 bits per heavy atom. The van der Waals surface area contributed by atoms with Crippen molar-refractivity contribution in [2.24, 2.45) is 17.4 Å². The standard InChI is InChI=1S/C60H77FN12O18/c1-5-60(86)38-23-44-52-36(26-73(44)56(82)37(38)28-90-57(60)83)50-40(13-12-35-32(4)39(61)24-43(70-52)49(35)50)68-47(76)29-89-30-66-46(75)25-65-59(85)91-27-33-8-10-34(11-9-33)67-53(79)41(7-6-18-64-58(63)84)71-55(81)51(31(2)3)72-54(80)42(14-15-48(77)78)69-45(74)16-19-87-21-22-88-20-17-62/h8-11,23-24,31,40-42,51,86H,5-7,12-22,25-30,62H2,1-4H3,(H,65,85)(H,66,75)(H,67,79)(H,68,76)(H,69,74)(H,71,81)(H,72,80)(H,77,78)(H3,63,64,84)/t40-,41-,42-,51-,60-/m0/s1. The zero-order valence-corrected chi connectivity index (χ0v) is 50.8. The molecule has 5 atom stereocenters. The first-order valence-electron chi connectivity index (χ1n) is 29.7. The van der Waals surface area contributed by atoms with Gasteiger partial charge in [0.1, 0.15) is 57.0 Å². The number of urea groups is 1. The maximum absolute atomic E-state index is 15.4.